The molecule has 0 atom stereocenters. The highest BCUT2D eigenvalue weighted by atomic mass is 19.1. The topological polar surface area (TPSA) is 48.1 Å². The molecule has 2 aromatic rings. The summed E-state index contributed by atoms with van der Waals surface area (Å²) in [6.45, 7) is 0. The van der Waals surface area contributed by atoms with Crippen LogP contribution in [0, 0.1) is 5.82 Å². The van der Waals surface area contributed by atoms with Gasteiger partial charge in [-0.2, -0.15) is 0 Å². The molecular formula is C12H11FN2O. The molecule has 0 saturated carbocycles. The summed E-state index contributed by atoms with van der Waals surface area (Å²) >= 11 is 0. The number of aromatic nitrogens is 1. The molecule has 3 nitrogen and oxygen atoms in total. The van der Waals surface area contributed by atoms with Crippen LogP contribution in [0.2, 0.25) is 0 Å². The van der Waals surface area contributed by atoms with Gasteiger partial charge in [0.15, 0.2) is 0 Å². The second-order valence-corrected chi connectivity index (χ2v) is 3.35. The van der Waals surface area contributed by atoms with Crippen molar-refractivity contribution in [1.29, 1.82) is 0 Å². The van der Waals surface area contributed by atoms with Gasteiger partial charge in [0.2, 0.25) is 0 Å². The molecule has 0 fully saturated rings. The lowest BCUT2D eigenvalue weighted by Gasteiger charge is -2.08. The summed E-state index contributed by atoms with van der Waals surface area (Å²) in [7, 11) is 1.50. The van der Waals surface area contributed by atoms with E-state index in [-0.39, 0.29) is 5.82 Å². The van der Waals surface area contributed by atoms with Crippen molar-refractivity contribution in [3.05, 3.63) is 42.5 Å². The predicted octanol–water partition coefficient (Wildman–Crippen LogP) is 2.48. The molecule has 0 amide bonds. The maximum absolute atomic E-state index is 13.0. The van der Waals surface area contributed by atoms with Crippen LogP contribution in [0.5, 0.6) is 5.75 Å². The van der Waals surface area contributed by atoms with E-state index >= 15 is 0 Å². The monoisotopic (exact) mass is 218 g/mol. The van der Waals surface area contributed by atoms with Gasteiger partial charge < -0.3 is 10.5 Å². The number of pyridine rings is 1. The number of nitrogen functional groups attached to an aromatic ring is 1. The molecule has 4 heteroatoms. The number of nitrogens with zero attached hydrogens (tertiary/aromatic N) is 1. The van der Waals surface area contributed by atoms with Crippen LogP contribution in [-0.2, 0) is 0 Å². The second-order valence-electron chi connectivity index (χ2n) is 3.35. The maximum atomic E-state index is 13.0. The van der Waals surface area contributed by atoms with Crippen molar-refractivity contribution in [2.24, 2.45) is 0 Å². The fraction of sp³-hybridized carbons (Fsp3) is 0.0833. The van der Waals surface area contributed by atoms with Gasteiger partial charge in [-0.25, -0.2) is 4.39 Å². The Balaban J connectivity index is 2.55. The van der Waals surface area contributed by atoms with Gasteiger partial charge in [-0.1, -0.05) is 0 Å². The van der Waals surface area contributed by atoms with Crippen molar-refractivity contribution in [3.63, 3.8) is 0 Å². The third-order valence-corrected chi connectivity index (χ3v) is 2.23. The minimum absolute atomic E-state index is 0.336. The number of hydrogen-bond acceptors (Lipinski definition) is 3. The molecule has 82 valence electrons. The summed E-state index contributed by atoms with van der Waals surface area (Å²) in [4.78, 5) is 3.98. The minimum atomic E-state index is -0.336. The number of anilines is 1. The quantitative estimate of drug-likeness (QED) is 0.842. The highest BCUT2D eigenvalue weighted by molar-refractivity contribution is 5.71. The third kappa shape index (κ3) is 1.95. The van der Waals surface area contributed by atoms with Crippen LogP contribution in [0.25, 0.3) is 11.1 Å². The Morgan fingerprint density at radius 1 is 1.25 bits per heavy atom. The predicted molar refractivity (Wildman–Crippen MR) is 60.6 cm³/mol. The van der Waals surface area contributed by atoms with Crippen molar-refractivity contribution in [2.45, 2.75) is 0 Å². The van der Waals surface area contributed by atoms with Crippen molar-refractivity contribution < 1.29 is 9.13 Å². The lowest BCUT2D eigenvalue weighted by Crippen LogP contribution is -1.92. The molecule has 0 radical (unpaired) electrons. The Morgan fingerprint density at radius 3 is 2.75 bits per heavy atom. The van der Waals surface area contributed by atoms with E-state index in [2.05, 4.69) is 4.98 Å². The summed E-state index contributed by atoms with van der Waals surface area (Å²) in [5.74, 6) is 0.130. The van der Waals surface area contributed by atoms with E-state index in [4.69, 9.17) is 10.5 Å². The lowest BCUT2D eigenvalue weighted by atomic mass is 10.1. The van der Waals surface area contributed by atoms with Crippen molar-refractivity contribution in [1.82, 2.24) is 4.98 Å². The summed E-state index contributed by atoms with van der Waals surface area (Å²) in [5.41, 5.74) is 7.77. The largest absolute Gasteiger partial charge is 0.496 e. The van der Waals surface area contributed by atoms with E-state index in [1.165, 1.54) is 19.2 Å². The molecule has 16 heavy (non-hydrogen) atoms. The van der Waals surface area contributed by atoms with Gasteiger partial charge in [-0.3, -0.25) is 4.98 Å². The van der Waals surface area contributed by atoms with Gasteiger partial charge in [0, 0.05) is 29.6 Å². The Bertz CT molecular complexity index is 514. The molecule has 0 aliphatic rings. The van der Waals surface area contributed by atoms with Crippen LogP contribution in [0.15, 0.2) is 36.7 Å². The van der Waals surface area contributed by atoms with E-state index in [0.29, 0.717) is 11.4 Å². The molecule has 1 heterocycles. The first-order valence-corrected chi connectivity index (χ1v) is 4.75. The first-order valence-electron chi connectivity index (χ1n) is 4.75. The molecule has 0 bridgehead atoms. The van der Waals surface area contributed by atoms with Gasteiger partial charge in [0.25, 0.3) is 0 Å². The first kappa shape index (κ1) is 10.4. The Labute approximate surface area is 92.7 Å². The van der Waals surface area contributed by atoms with E-state index < -0.39 is 0 Å². The summed E-state index contributed by atoms with van der Waals surface area (Å²) < 4.78 is 18.1. The molecule has 1 aromatic carbocycles. The van der Waals surface area contributed by atoms with Crippen molar-refractivity contribution in [2.75, 3.05) is 12.8 Å². The van der Waals surface area contributed by atoms with Gasteiger partial charge in [0.05, 0.1) is 12.8 Å². The number of benzene rings is 1. The normalized spacial score (nSPS) is 10.1. The zero-order valence-electron chi connectivity index (χ0n) is 8.77. The zero-order valence-corrected chi connectivity index (χ0v) is 8.77. The fourth-order valence-corrected chi connectivity index (χ4v) is 1.51. The number of methoxy groups -OCH3 is 1. The average Bonchev–Trinajstić information content (AvgIpc) is 2.28. The number of hydrogen-bond donors (Lipinski definition) is 1. The molecular weight excluding hydrogens is 207 g/mol. The molecule has 0 aliphatic carbocycles. The van der Waals surface area contributed by atoms with Crippen LogP contribution in [0.4, 0.5) is 10.1 Å². The van der Waals surface area contributed by atoms with Crippen LogP contribution in [0.1, 0.15) is 0 Å². The van der Waals surface area contributed by atoms with E-state index in [0.717, 1.165) is 11.1 Å². The maximum Gasteiger partial charge on any atom is 0.129 e. The SMILES string of the molecule is COc1cc(F)ccc1-c1cncc(N)c1. The molecule has 0 unspecified atom stereocenters. The molecule has 2 rings (SSSR count). The average molecular weight is 218 g/mol. The molecule has 0 saturated heterocycles. The highest BCUT2D eigenvalue weighted by Crippen LogP contribution is 2.30. The van der Waals surface area contributed by atoms with Gasteiger partial charge >= 0.3 is 0 Å². The van der Waals surface area contributed by atoms with Crippen molar-refractivity contribution >= 4 is 5.69 Å². The van der Waals surface area contributed by atoms with E-state index in [1.807, 2.05) is 0 Å². The van der Waals surface area contributed by atoms with E-state index in [9.17, 15) is 4.39 Å². The van der Waals surface area contributed by atoms with Crippen molar-refractivity contribution in [3.8, 4) is 16.9 Å². The molecule has 0 spiro atoms. The Kier molecular flexibility index (Phi) is 2.72. The van der Waals surface area contributed by atoms with Gasteiger partial charge in [-0.05, 0) is 18.2 Å². The fourth-order valence-electron chi connectivity index (χ4n) is 1.51. The molecule has 0 aliphatic heterocycles. The highest BCUT2D eigenvalue weighted by Gasteiger charge is 2.07. The summed E-state index contributed by atoms with van der Waals surface area (Å²) in [6, 6.07) is 6.12. The smallest absolute Gasteiger partial charge is 0.129 e. The second kappa shape index (κ2) is 4.18. The number of rotatable bonds is 2. The molecule has 1 aromatic heterocycles. The Morgan fingerprint density at radius 2 is 2.06 bits per heavy atom. The number of nitrogens with two attached hydrogens (primary N) is 1. The minimum Gasteiger partial charge on any atom is -0.496 e. The standard InChI is InChI=1S/C12H11FN2O/c1-16-12-5-9(13)2-3-11(12)8-4-10(14)7-15-6-8/h2-7H,14H2,1H3. The summed E-state index contributed by atoms with van der Waals surface area (Å²) in [5, 5.41) is 0. The molecule has 2 N–H and O–H groups in total. The number of ether oxygens (including phenoxy) is 1. The van der Waals surface area contributed by atoms with Gasteiger partial charge in [-0.15, -0.1) is 0 Å². The first-order chi connectivity index (χ1) is 7.70. The van der Waals surface area contributed by atoms with Crippen LogP contribution >= 0.6 is 0 Å². The summed E-state index contributed by atoms with van der Waals surface area (Å²) in [6.07, 6.45) is 3.21. The third-order valence-electron chi connectivity index (χ3n) is 2.23. The van der Waals surface area contributed by atoms with Crippen LogP contribution in [0.3, 0.4) is 0 Å². The lowest BCUT2D eigenvalue weighted by molar-refractivity contribution is 0.413. The van der Waals surface area contributed by atoms with Crippen LogP contribution < -0.4 is 10.5 Å². The van der Waals surface area contributed by atoms with Gasteiger partial charge in [0.1, 0.15) is 11.6 Å². The number of halogens is 1. The van der Waals surface area contributed by atoms with Crippen LogP contribution in [-0.4, -0.2) is 12.1 Å². The zero-order chi connectivity index (χ0) is 11.5. The Hall–Kier alpha value is -2.10. The van der Waals surface area contributed by atoms with E-state index in [1.54, 1.807) is 24.5 Å².